The highest BCUT2D eigenvalue weighted by Crippen LogP contribution is 2.44. The molecular weight excluding hydrogens is 528 g/mol. The molecule has 1 aliphatic heterocycles. The van der Waals surface area contributed by atoms with Crippen molar-refractivity contribution in [3.8, 4) is 11.3 Å². The minimum absolute atomic E-state index is 0.0161. The molecule has 0 saturated heterocycles. The largest absolute Gasteiger partial charge is 0.325 e. The summed E-state index contributed by atoms with van der Waals surface area (Å²) >= 11 is 7.41. The number of rotatable bonds is 6. The highest BCUT2D eigenvalue weighted by Gasteiger charge is 2.37. The SMILES string of the molecule is Cc1ccc(NC(=O)CSc2ncc3c(n2)-c2ccc(Cl)cc2N(Cc2ccccc2)S3(=O)=O)c(C)c1. The third-order valence-electron chi connectivity index (χ3n) is 5.94. The van der Waals surface area contributed by atoms with Gasteiger partial charge in [-0.1, -0.05) is 71.4 Å². The molecule has 1 amide bonds. The van der Waals surface area contributed by atoms with E-state index in [2.05, 4.69) is 15.3 Å². The van der Waals surface area contributed by atoms with Gasteiger partial charge in [0.2, 0.25) is 5.91 Å². The molecule has 188 valence electrons. The summed E-state index contributed by atoms with van der Waals surface area (Å²) in [6.45, 7) is 4.08. The van der Waals surface area contributed by atoms with E-state index in [1.165, 1.54) is 10.5 Å². The van der Waals surface area contributed by atoms with Gasteiger partial charge < -0.3 is 5.32 Å². The first-order valence-corrected chi connectivity index (χ1v) is 14.3. The van der Waals surface area contributed by atoms with Gasteiger partial charge in [-0.3, -0.25) is 9.10 Å². The minimum atomic E-state index is -3.95. The third kappa shape index (κ3) is 5.20. The van der Waals surface area contributed by atoms with E-state index in [0.29, 0.717) is 27.1 Å². The molecule has 7 nitrogen and oxygen atoms in total. The van der Waals surface area contributed by atoms with Gasteiger partial charge in [-0.25, -0.2) is 18.4 Å². The summed E-state index contributed by atoms with van der Waals surface area (Å²) in [6, 6.07) is 20.3. The number of aromatic nitrogens is 2. The van der Waals surface area contributed by atoms with Crippen LogP contribution in [-0.2, 0) is 21.4 Å². The van der Waals surface area contributed by atoms with Gasteiger partial charge in [0, 0.05) is 16.3 Å². The molecule has 37 heavy (non-hydrogen) atoms. The lowest BCUT2D eigenvalue weighted by atomic mass is 10.1. The van der Waals surface area contributed by atoms with Crippen molar-refractivity contribution in [3.05, 3.63) is 94.6 Å². The Balaban J connectivity index is 1.43. The van der Waals surface area contributed by atoms with E-state index in [0.717, 1.165) is 34.1 Å². The molecule has 0 unspecified atom stereocenters. The van der Waals surface area contributed by atoms with Crippen molar-refractivity contribution in [3.63, 3.8) is 0 Å². The number of aryl methyl sites for hydroxylation is 2. The molecule has 4 aromatic rings. The predicted molar refractivity (Wildman–Crippen MR) is 148 cm³/mol. The van der Waals surface area contributed by atoms with Crippen LogP contribution in [-0.4, -0.2) is 30.0 Å². The van der Waals surface area contributed by atoms with E-state index in [-0.39, 0.29) is 23.1 Å². The van der Waals surface area contributed by atoms with Crippen molar-refractivity contribution < 1.29 is 13.2 Å². The Morgan fingerprint density at radius 3 is 2.59 bits per heavy atom. The van der Waals surface area contributed by atoms with E-state index in [4.69, 9.17) is 11.6 Å². The summed E-state index contributed by atoms with van der Waals surface area (Å²) in [5.74, 6) is -0.126. The van der Waals surface area contributed by atoms with Gasteiger partial charge in [-0.2, -0.15) is 0 Å². The maximum atomic E-state index is 13.7. The number of carbonyl (C=O) groups is 1. The van der Waals surface area contributed by atoms with Gasteiger partial charge in [0.15, 0.2) is 5.16 Å². The number of nitrogens with one attached hydrogen (secondary N) is 1. The molecule has 0 spiro atoms. The number of hydrogen-bond acceptors (Lipinski definition) is 6. The summed E-state index contributed by atoms with van der Waals surface area (Å²) in [5, 5.41) is 3.63. The molecule has 5 rings (SSSR count). The van der Waals surface area contributed by atoms with Crippen LogP contribution in [0.4, 0.5) is 11.4 Å². The Hall–Kier alpha value is -3.40. The monoisotopic (exact) mass is 550 g/mol. The number of fused-ring (bicyclic) bond motifs is 3. The summed E-state index contributed by atoms with van der Waals surface area (Å²) in [5.41, 5.74) is 5.06. The van der Waals surface area contributed by atoms with Crippen LogP contribution in [0.25, 0.3) is 11.3 Å². The maximum absolute atomic E-state index is 13.7. The lowest BCUT2D eigenvalue weighted by Gasteiger charge is -2.31. The van der Waals surface area contributed by atoms with Crippen LogP contribution in [0.3, 0.4) is 0 Å². The zero-order valence-corrected chi connectivity index (χ0v) is 22.5. The number of anilines is 2. The molecule has 0 saturated carbocycles. The number of nitrogens with zero attached hydrogens (tertiary/aromatic N) is 3. The number of amides is 1. The second-order valence-corrected chi connectivity index (χ2v) is 11.9. The second kappa shape index (κ2) is 10.2. The van der Waals surface area contributed by atoms with E-state index in [9.17, 15) is 13.2 Å². The molecule has 0 atom stereocenters. The topological polar surface area (TPSA) is 92.3 Å². The fourth-order valence-electron chi connectivity index (χ4n) is 4.16. The Labute approximate surface area is 225 Å². The standard InChI is InChI=1S/C27H23ClN4O3S2/c1-17-8-11-22(18(2)12-17)30-25(33)16-36-27-29-14-24-26(31-27)21-10-9-20(28)13-23(21)32(37(24,34)35)15-19-6-4-3-5-7-19/h3-14H,15-16H2,1-2H3,(H,30,33). The number of carbonyl (C=O) groups excluding carboxylic acids is 1. The predicted octanol–water partition coefficient (Wildman–Crippen LogP) is 5.85. The van der Waals surface area contributed by atoms with Crippen molar-refractivity contribution in [2.45, 2.75) is 30.4 Å². The van der Waals surface area contributed by atoms with Crippen molar-refractivity contribution in [2.24, 2.45) is 0 Å². The highest BCUT2D eigenvalue weighted by atomic mass is 35.5. The lowest BCUT2D eigenvalue weighted by Crippen LogP contribution is -2.34. The lowest BCUT2D eigenvalue weighted by molar-refractivity contribution is -0.113. The summed E-state index contributed by atoms with van der Waals surface area (Å²) in [4.78, 5) is 21.4. The minimum Gasteiger partial charge on any atom is -0.325 e. The molecule has 1 aliphatic rings. The van der Waals surface area contributed by atoms with Crippen LogP contribution in [0.5, 0.6) is 0 Å². The van der Waals surface area contributed by atoms with Crippen molar-refractivity contribution in [1.82, 2.24) is 9.97 Å². The number of hydrogen-bond donors (Lipinski definition) is 1. The summed E-state index contributed by atoms with van der Waals surface area (Å²) in [7, 11) is -3.95. The highest BCUT2D eigenvalue weighted by molar-refractivity contribution is 7.99. The number of sulfonamides is 1. The van der Waals surface area contributed by atoms with E-state index >= 15 is 0 Å². The van der Waals surface area contributed by atoms with Crippen LogP contribution in [0.1, 0.15) is 16.7 Å². The normalized spacial score (nSPS) is 13.5. The first-order valence-electron chi connectivity index (χ1n) is 11.5. The van der Waals surface area contributed by atoms with E-state index in [1.54, 1.807) is 18.2 Å². The van der Waals surface area contributed by atoms with E-state index < -0.39 is 10.0 Å². The Bertz CT molecular complexity index is 1610. The smallest absolute Gasteiger partial charge is 0.268 e. The molecule has 0 radical (unpaired) electrons. The van der Waals surface area contributed by atoms with Gasteiger partial charge in [-0.05, 0) is 49.2 Å². The van der Waals surface area contributed by atoms with Gasteiger partial charge in [0.05, 0.1) is 29.9 Å². The molecule has 1 N–H and O–H groups in total. The fraction of sp³-hybridized carbons (Fsp3) is 0.148. The molecule has 2 heterocycles. The fourth-order valence-corrected chi connectivity index (χ4v) is 6.49. The summed E-state index contributed by atoms with van der Waals surface area (Å²) < 4.78 is 28.6. The summed E-state index contributed by atoms with van der Waals surface area (Å²) in [6.07, 6.45) is 1.32. The third-order valence-corrected chi connectivity index (χ3v) is 8.80. The molecule has 3 aromatic carbocycles. The molecule has 10 heteroatoms. The molecule has 0 fully saturated rings. The van der Waals surface area contributed by atoms with Gasteiger partial charge >= 0.3 is 0 Å². The van der Waals surface area contributed by atoms with Gasteiger partial charge in [0.25, 0.3) is 10.0 Å². The Morgan fingerprint density at radius 1 is 1.05 bits per heavy atom. The number of halogens is 1. The molecule has 0 bridgehead atoms. The Morgan fingerprint density at radius 2 is 1.84 bits per heavy atom. The van der Waals surface area contributed by atoms with Crippen LogP contribution in [0.15, 0.2) is 83.0 Å². The first kappa shape index (κ1) is 25.3. The van der Waals surface area contributed by atoms with Crippen molar-refractivity contribution >= 4 is 50.7 Å². The Kier molecular flexibility index (Phi) is 6.94. The van der Waals surface area contributed by atoms with Crippen molar-refractivity contribution in [1.29, 1.82) is 0 Å². The molecule has 0 aliphatic carbocycles. The van der Waals surface area contributed by atoms with E-state index in [1.807, 2.05) is 62.4 Å². The van der Waals surface area contributed by atoms with Crippen LogP contribution < -0.4 is 9.62 Å². The van der Waals surface area contributed by atoms with Crippen LogP contribution >= 0.6 is 23.4 Å². The number of benzene rings is 3. The first-order chi connectivity index (χ1) is 17.7. The average molecular weight is 551 g/mol. The van der Waals surface area contributed by atoms with Gasteiger partial charge in [-0.15, -0.1) is 0 Å². The van der Waals surface area contributed by atoms with Gasteiger partial charge in [0.1, 0.15) is 4.90 Å². The van der Waals surface area contributed by atoms with Crippen LogP contribution in [0.2, 0.25) is 5.02 Å². The maximum Gasteiger partial charge on any atom is 0.268 e. The molecular formula is C27H23ClN4O3S2. The molecule has 1 aromatic heterocycles. The van der Waals surface area contributed by atoms with Crippen LogP contribution in [0, 0.1) is 13.8 Å². The number of thioether (sulfide) groups is 1. The zero-order valence-electron chi connectivity index (χ0n) is 20.1. The second-order valence-electron chi connectivity index (χ2n) is 8.68. The van der Waals surface area contributed by atoms with Crippen molar-refractivity contribution in [2.75, 3.05) is 15.4 Å². The zero-order chi connectivity index (χ0) is 26.2. The average Bonchev–Trinajstić information content (AvgIpc) is 2.87. The quantitative estimate of drug-likeness (QED) is 0.239.